The molecule has 5 heteroatoms. The lowest BCUT2D eigenvalue weighted by molar-refractivity contribution is 0.321. The maximum Gasteiger partial charge on any atom is 0.145 e. The van der Waals surface area contributed by atoms with E-state index < -0.39 is 5.54 Å². The second-order valence-electron chi connectivity index (χ2n) is 17.5. The van der Waals surface area contributed by atoms with Gasteiger partial charge in [-0.05, 0) is 156 Å². The molecule has 4 heterocycles. The molecule has 0 bridgehead atoms. The van der Waals surface area contributed by atoms with Crippen LogP contribution < -0.4 is 4.90 Å². The van der Waals surface area contributed by atoms with Gasteiger partial charge in [0.15, 0.2) is 0 Å². The molecule has 0 saturated heterocycles. The monoisotopic (exact) mass is 753 g/mol. The van der Waals surface area contributed by atoms with Gasteiger partial charge in [0, 0.05) is 50.4 Å². The molecule has 1 aliphatic carbocycles. The van der Waals surface area contributed by atoms with Gasteiger partial charge in [0.1, 0.15) is 17.0 Å². The number of aliphatic imine (C=N–C) groups is 1. The second-order valence-corrected chi connectivity index (χ2v) is 17.5. The first-order valence-corrected chi connectivity index (χ1v) is 20.5. The van der Waals surface area contributed by atoms with E-state index in [-0.39, 0.29) is 5.54 Å². The van der Waals surface area contributed by atoms with Gasteiger partial charge >= 0.3 is 0 Å². The van der Waals surface area contributed by atoms with E-state index in [2.05, 4.69) is 185 Å². The third-order valence-electron chi connectivity index (χ3n) is 13.4. The van der Waals surface area contributed by atoms with Crippen molar-refractivity contribution < 1.29 is 0 Å². The van der Waals surface area contributed by atoms with Crippen molar-refractivity contribution in [1.82, 2.24) is 14.1 Å². The van der Waals surface area contributed by atoms with E-state index in [9.17, 15) is 0 Å². The molecule has 0 amide bonds. The van der Waals surface area contributed by atoms with Gasteiger partial charge in [-0.1, -0.05) is 71.3 Å². The summed E-state index contributed by atoms with van der Waals surface area (Å²) in [7, 11) is 0. The van der Waals surface area contributed by atoms with Gasteiger partial charge in [-0.15, -0.1) is 0 Å². The normalized spacial score (nSPS) is 18.8. The molecule has 0 fully saturated rings. The van der Waals surface area contributed by atoms with E-state index in [1.54, 1.807) is 0 Å². The Balaban J connectivity index is 1.17. The number of nitrogens with zero attached hydrogens (tertiary/aromatic N) is 5. The fraction of sp³-hybridized carbons (Fsp3) is 0.208. The molecule has 0 spiro atoms. The minimum absolute atomic E-state index is 0.297. The summed E-state index contributed by atoms with van der Waals surface area (Å²) >= 11 is 0. The molecule has 5 nitrogen and oxygen atoms in total. The van der Waals surface area contributed by atoms with Crippen LogP contribution in [0.3, 0.4) is 0 Å². The van der Waals surface area contributed by atoms with Crippen LogP contribution in [0, 0.1) is 41.5 Å². The Labute approximate surface area is 339 Å². The van der Waals surface area contributed by atoms with Crippen molar-refractivity contribution in [3.8, 4) is 11.4 Å². The molecular weight excluding hydrogens is 707 g/mol. The predicted octanol–water partition coefficient (Wildman–Crippen LogP) is 12.6. The molecule has 6 aromatic carbocycles. The van der Waals surface area contributed by atoms with Gasteiger partial charge in [0.25, 0.3) is 0 Å². The van der Waals surface area contributed by atoms with E-state index in [0.717, 1.165) is 51.3 Å². The summed E-state index contributed by atoms with van der Waals surface area (Å²) in [4.78, 5) is 13.4. The van der Waals surface area contributed by atoms with Crippen molar-refractivity contribution in [2.45, 2.75) is 72.9 Å². The Morgan fingerprint density at radius 3 is 1.98 bits per heavy atom. The van der Waals surface area contributed by atoms with E-state index >= 15 is 0 Å². The molecule has 0 N–H and O–H groups in total. The van der Waals surface area contributed by atoms with Crippen LogP contribution in [0.25, 0.3) is 55.1 Å². The number of amidine groups is 1. The molecule has 0 radical (unpaired) electrons. The standard InChI is InChI=1S/C53H47N5/c1-31-15-19-46-43(26-31)41-18-17-39(57-47-20-16-32(2)27-44(47)42-13-11-21-54-51(42)57)29-48(41)56(46)40-25-34(4)24-38(28-40)50-55-53(8)45-14-10-9-12-37(45)30-52(53,7)58(50)49-35(5)22-33(3)23-36(49)6/h9-29H,30H2,1-8H3/t52-,53+/m0/s1. The average Bonchev–Trinajstić information content (AvgIpc) is 3.83. The van der Waals surface area contributed by atoms with Gasteiger partial charge in [-0.25, -0.2) is 4.98 Å². The molecule has 11 rings (SSSR count). The highest BCUT2D eigenvalue weighted by Gasteiger charge is 2.61. The topological polar surface area (TPSA) is 38.4 Å². The Morgan fingerprint density at radius 1 is 0.534 bits per heavy atom. The molecule has 0 unspecified atom stereocenters. The van der Waals surface area contributed by atoms with Crippen molar-refractivity contribution in [3.63, 3.8) is 0 Å². The summed E-state index contributed by atoms with van der Waals surface area (Å²) in [6.07, 6.45) is 2.82. The number of aryl methyl sites for hydroxylation is 6. The maximum atomic E-state index is 5.86. The van der Waals surface area contributed by atoms with Crippen molar-refractivity contribution in [2.75, 3.05) is 4.90 Å². The summed E-state index contributed by atoms with van der Waals surface area (Å²) in [5.74, 6) is 1.03. The van der Waals surface area contributed by atoms with Gasteiger partial charge in [0.05, 0.1) is 22.1 Å². The minimum atomic E-state index is -0.430. The maximum absolute atomic E-state index is 5.86. The minimum Gasteiger partial charge on any atom is -0.317 e. The first-order chi connectivity index (χ1) is 27.9. The molecule has 0 saturated carbocycles. The third-order valence-corrected chi connectivity index (χ3v) is 13.4. The van der Waals surface area contributed by atoms with E-state index in [1.165, 1.54) is 71.9 Å². The molecule has 3 aromatic heterocycles. The zero-order valence-electron chi connectivity index (χ0n) is 34.6. The van der Waals surface area contributed by atoms with Crippen LogP contribution in [0.4, 0.5) is 5.69 Å². The molecule has 2 atom stereocenters. The molecule has 1 aliphatic heterocycles. The highest BCUT2D eigenvalue weighted by molar-refractivity contribution is 6.15. The molecule has 9 aromatic rings. The van der Waals surface area contributed by atoms with E-state index in [1.807, 2.05) is 12.3 Å². The van der Waals surface area contributed by atoms with Crippen LogP contribution in [-0.4, -0.2) is 25.5 Å². The van der Waals surface area contributed by atoms with E-state index in [0.29, 0.717) is 0 Å². The number of hydrogen-bond acceptors (Lipinski definition) is 3. The zero-order chi connectivity index (χ0) is 39.8. The summed E-state index contributed by atoms with van der Waals surface area (Å²) in [6.45, 7) is 18.1. The fourth-order valence-electron chi connectivity index (χ4n) is 10.8. The molecule has 284 valence electrons. The average molecular weight is 754 g/mol. The number of benzene rings is 6. The van der Waals surface area contributed by atoms with Gasteiger partial charge in [0.2, 0.25) is 0 Å². The first-order valence-electron chi connectivity index (χ1n) is 20.5. The van der Waals surface area contributed by atoms with Crippen LogP contribution in [0.1, 0.15) is 63.9 Å². The number of rotatable bonds is 4. The van der Waals surface area contributed by atoms with Crippen LogP contribution in [0.2, 0.25) is 0 Å². The number of pyridine rings is 1. The number of fused-ring (bicyclic) bond motifs is 9. The lowest BCUT2D eigenvalue weighted by Gasteiger charge is -2.43. The first kappa shape index (κ1) is 34.8. The van der Waals surface area contributed by atoms with Crippen LogP contribution in [0.15, 0.2) is 133 Å². The number of hydrogen-bond donors (Lipinski definition) is 0. The van der Waals surface area contributed by atoms with Crippen LogP contribution >= 0.6 is 0 Å². The highest BCUT2D eigenvalue weighted by Crippen LogP contribution is 2.56. The zero-order valence-corrected chi connectivity index (χ0v) is 34.6. The summed E-state index contributed by atoms with van der Waals surface area (Å²) in [5.41, 5.74) is 18.6. The van der Waals surface area contributed by atoms with Crippen molar-refractivity contribution in [2.24, 2.45) is 4.99 Å². The Morgan fingerprint density at radius 2 is 1.22 bits per heavy atom. The van der Waals surface area contributed by atoms with Gasteiger partial charge < -0.3 is 9.47 Å². The lowest BCUT2D eigenvalue weighted by atomic mass is 9.79. The van der Waals surface area contributed by atoms with Crippen LogP contribution in [0.5, 0.6) is 0 Å². The Hall–Kier alpha value is -6.46. The lowest BCUT2D eigenvalue weighted by Crippen LogP contribution is -2.54. The molecule has 2 aliphatic rings. The Kier molecular flexibility index (Phi) is 7.21. The predicted molar refractivity (Wildman–Crippen MR) is 243 cm³/mol. The quantitative estimate of drug-likeness (QED) is 0.179. The van der Waals surface area contributed by atoms with Crippen molar-refractivity contribution in [3.05, 3.63) is 178 Å². The van der Waals surface area contributed by atoms with Crippen molar-refractivity contribution in [1.29, 1.82) is 0 Å². The largest absolute Gasteiger partial charge is 0.317 e. The molecule has 58 heavy (non-hydrogen) atoms. The van der Waals surface area contributed by atoms with Crippen molar-refractivity contribution >= 4 is 55.3 Å². The molecular formula is C53H47N5. The van der Waals surface area contributed by atoms with Gasteiger partial charge in [-0.3, -0.25) is 9.56 Å². The summed E-state index contributed by atoms with van der Waals surface area (Å²) in [6, 6.07) is 45.4. The summed E-state index contributed by atoms with van der Waals surface area (Å²) < 4.78 is 4.80. The third kappa shape index (κ3) is 4.70. The van der Waals surface area contributed by atoms with Crippen LogP contribution in [-0.2, 0) is 12.0 Å². The van der Waals surface area contributed by atoms with E-state index in [4.69, 9.17) is 9.98 Å². The smallest absolute Gasteiger partial charge is 0.145 e. The Bertz CT molecular complexity index is 3240. The number of anilines is 1. The summed E-state index contributed by atoms with van der Waals surface area (Å²) in [5, 5.41) is 4.86. The fourth-order valence-corrected chi connectivity index (χ4v) is 10.8. The second kappa shape index (κ2) is 12.0. The highest BCUT2D eigenvalue weighted by atomic mass is 15.4. The number of aromatic nitrogens is 3. The van der Waals surface area contributed by atoms with Gasteiger partial charge in [-0.2, -0.15) is 0 Å². The SMILES string of the molecule is Cc1cc(C2=N[C@]3(C)c4ccccc4C[C@]3(C)N2c2c(C)cc(C)cc2C)cc(-n2c3ccc(C)cc3c3ccc(-n4c5ccc(C)cc5c5cccnc54)cc32)c1.